The molecule has 3 nitrogen and oxygen atoms in total. The van der Waals surface area contributed by atoms with Gasteiger partial charge in [0.15, 0.2) is 5.78 Å². The van der Waals surface area contributed by atoms with Crippen molar-refractivity contribution in [3.05, 3.63) is 65.5 Å². The number of pyridine rings is 1. The van der Waals surface area contributed by atoms with Crippen LogP contribution in [-0.4, -0.2) is 10.8 Å². The van der Waals surface area contributed by atoms with Gasteiger partial charge < -0.3 is 5.73 Å². The molecule has 86 valence electrons. The minimum Gasteiger partial charge on any atom is -0.326 e. The van der Waals surface area contributed by atoms with Gasteiger partial charge in [0.05, 0.1) is 0 Å². The van der Waals surface area contributed by atoms with Crippen molar-refractivity contribution in [3.8, 4) is 0 Å². The maximum Gasteiger partial charge on any atom is 0.168 e. The van der Waals surface area contributed by atoms with Gasteiger partial charge in [0.1, 0.15) is 0 Å². The lowest BCUT2D eigenvalue weighted by molar-refractivity contribution is 0.0992. The molecule has 0 atom stereocenters. The number of nitrogens with two attached hydrogens (primary N) is 1. The first kappa shape index (κ1) is 11.5. The molecule has 0 saturated carbocycles. The van der Waals surface area contributed by atoms with Gasteiger partial charge in [-0.15, -0.1) is 0 Å². The Bertz CT molecular complexity index is 509. The number of rotatable bonds is 4. The lowest BCUT2D eigenvalue weighted by Gasteiger charge is -2.06. The molecule has 0 fully saturated rings. The molecule has 1 aromatic heterocycles. The molecule has 2 N–H and O–H groups in total. The lowest BCUT2D eigenvalue weighted by atomic mass is 10.00. The van der Waals surface area contributed by atoms with Crippen LogP contribution in [0.5, 0.6) is 0 Å². The first-order valence-electron chi connectivity index (χ1n) is 5.51. The average molecular weight is 226 g/mol. The summed E-state index contributed by atoms with van der Waals surface area (Å²) in [4.78, 5) is 15.9. The van der Waals surface area contributed by atoms with E-state index in [9.17, 15) is 4.79 Å². The molecule has 1 aromatic carbocycles. The zero-order valence-electron chi connectivity index (χ0n) is 9.47. The molecule has 0 saturated heterocycles. The van der Waals surface area contributed by atoms with E-state index >= 15 is 0 Å². The van der Waals surface area contributed by atoms with E-state index in [1.54, 1.807) is 24.5 Å². The molecule has 0 aliphatic heterocycles. The molecular weight excluding hydrogens is 212 g/mol. The van der Waals surface area contributed by atoms with E-state index in [4.69, 9.17) is 5.73 Å². The summed E-state index contributed by atoms with van der Waals surface area (Å²) in [7, 11) is 0. The van der Waals surface area contributed by atoms with Crippen LogP contribution in [0.1, 0.15) is 21.5 Å². The second-order valence-corrected chi connectivity index (χ2v) is 3.81. The molecular formula is C14H14N2O. The van der Waals surface area contributed by atoms with E-state index in [0.29, 0.717) is 18.5 Å². The predicted molar refractivity (Wildman–Crippen MR) is 66.6 cm³/mol. The topological polar surface area (TPSA) is 56.0 Å². The van der Waals surface area contributed by atoms with Crippen LogP contribution in [0.15, 0.2) is 48.8 Å². The van der Waals surface area contributed by atoms with Crippen LogP contribution >= 0.6 is 0 Å². The van der Waals surface area contributed by atoms with Crippen LogP contribution in [0.3, 0.4) is 0 Å². The average Bonchev–Trinajstić information content (AvgIpc) is 2.40. The van der Waals surface area contributed by atoms with Crippen molar-refractivity contribution in [2.45, 2.75) is 13.0 Å². The van der Waals surface area contributed by atoms with Gasteiger partial charge >= 0.3 is 0 Å². The fourth-order valence-corrected chi connectivity index (χ4v) is 1.73. The number of carbonyl (C=O) groups is 1. The third-order valence-corrected chi connectivity index (χ3v) is 2.67. The third kappa shape index (κ3) is 2.77. The Kier molecular flexibility index (Phi) is 3.62. The number of aromatic nitrogens is 1. The van der Waals surface area contributed by atoms with Gasteiger partial charge in [-0.2, -0.15) is 0 Å². The number of hydrogen-bond acceptors (Lipinski definition) is 3. The van der Waals surface area contributed by atoms with Crippen LogP contribution < -0.4 is 5.73 Å². The number of carbonyl (C=O) groups excluding carboxylic acids is 1. The highest BCUT2D eigenvalue weighted by Gasteiger charge is 2.09. The van der Waals surface area contributed by atoms with E-state index in [1.807, 2.05) is 24.3 Å². The highest BCUT2D eigenvalue weighted by atomic mass is 16.1. The number of ketones is 1. The van der Waals surface area contributed by atoms with Crippen molar-refractivity contribution in [2.75, 3.05) is 0 Å². The zero-order chi connectivity index (χ0) is 12.1. The fourth-order valence-electron chi connectivity index (χ4n) is 1.73. The second kappa shape index (κ2) is 5.37. The molecule has 17 heavy (non-hydrogen) atoms. The minimum atomic E-state index is 0.0685. The number of benzene rings is 1. The molecule has 0 amide bonds. The van der Waals surface area contributed by atoms with Crippen molar-refractivity contribution in [1.82, 2.24) is 4.98 Å². The van der Waals surface area contributed by atoms with E-state index in [-0.39, 0.29) is 5.78 Å². The first-order valence-corrected chi connectivity index (χ1v) is 5.51. The van der Waals surface area contributed by atoms with Gasteiger partial charge in [-0.3, -0.25) is 9.78 Å². The van der Waals surface area contributed by atoms with Crippen LogP contribution in [0, 0.1) is 0 Å². The maximum atomic E-state index is 12.0. The van der Waals surface area contributed by atoms with Crippen molar-refractivity contribution in [3.63, 3.8) is 0 Å². The van der Waals surface area contributed by atoms with E-state index in [1.165, 1.54) is 0 Å². The maximum absolute atomic E-state index is 12.0. The summed E-state index contributed by atoms with van der Waals surface area (Å²) in [5, 5.41) is 0. The molecule has 0 bridgehead atoms. The zero-order valence-corrected chi connectivity index (χ0v) is 9.47. The summed E-state index contributed by atoms with van der Waals surface area (Å²) >= 11 is 0. The number of nitrogens with zero attached hydrogens (tertiary/aromatic N) is 1. The monoisotopic (exact) mass is 226 g/mol. The third-order valence-electron chi connectivity index (χ3n) is 2.67. The second-order valence-electron chi connectivity index (χ2n) is 3.81. The van der Waals surface area contributed by atoms with Gasteiger partial charge in [-0.25, -0.2) is 0 Å². The molecule has 0 aliphatic carbocycles. The summed E-state index contributed by atoms with van der Waals surface area (Å²) in [6.07, 6.45) is 3.62. The van der Waals surface area contributed by atoms with Gasteiger partial charge in [-0.05, 0) is 23.3 Å². The summed E-state index contributed by atoms with van der Waals surface area (Å²) in [6, 6.07) is 11.3. The molecule has 0 radical (unpaired) electrons. The molecule has 2 aromatic rings. The van der Waals surface area contributed by atoms with Gasteiger partial charge in [0, 0.05) is 30.9 Å². The first-order chi connectivity index (χ1) is 8.31. The normalized spacial score (nSPS) is 10.2. The Labute approximate surface area is 100 Å². The van der Waals surface area contributed by atoms with Crippen molar-refractivity contribution in [1.29, 1.82) is 0 Å². The van der Waals surface area contributed by atoms with Crippen LogP contribution in [-0.2, 0) is 13.0 Å². The number of hydrogen-bond donors (Lipinski definition) is 1. The molecule has 3 heteroatoms. The summed E-state index contributed by atoms with van der Waals surface area (Å²) in [6.45, 7) is 0.455. The Morgan fingerprint density at radius 1 is 1.12 bits per heavy atom. The Balaban J connectivity index is 2.19. The molecule has 1 heterocycles. The van der Waals surface area contributed by atoms with Gasteiger partial charge in [0.2, 0.25) is 0 Å². The summed E-state index contributed by atoms with van der Waals surface area (Å²) in [5.41, 5.74) is 8.29. The molecule has 0 aliphatic rings. The van der Waals surface area contributed by atoms with E-state index in [0.717, 1.165) is 11.1 Å². The van der Waals surface area contributed by atoms with Crippen molar-refractivity contribution < 1.29 is 4.79 Å². The smallest absolute Gasteiger partial charge is 0.168 e. The highest BCUT2D eigenvalue weighted by Crippen LogP contribution is 2.11. The summed E-state index contributed by atoms with van der Waals surface area (Å²) in [5.74, 6) is 0.0685. The number of Topliss-reactive ketones (excluding diaryl/α,β-unsaturated/α-hetero) is 1. The highest BCUT2D eigenvalue weighted by molar-refractivity contribution is 5.97. The van der Waals surface area contributed by atoms with E-state index < -0.39 is 0 Å². The largest absolute Gasteiger partial charge is 0.326 e. The van der Waals surface area contributed by atoms with Gasteiger partial charge in [-0.1, -0.05) is 24.3 Å². The van der Waals surface area contributed by atoms with Crippen molar-refractivity contribution in [2.24, 2.45) is 5.73 Å². The molecule has 0 unspecified atom stereocenters. The van der Waals surface area contributed by atoms with Crippen LogP contribution in [0.4, 0.5) is 0 Å². The van der Waals surface area contributed by atoms with Crippen LogP contribution in [0.25, 0.3) is 0 Å². The van der Waals surface area contributed by atoms with E-state index in [2.05, 4.69) is 4.98 Å². The summed E-state index contributed by atoms with van der Waals surface area (Å²) < 4.78 is 0. The van der Waals surface area contributed by atoms with Crippen molar-refractivity contribution >= 4 is 5.78 Å². The Hall–Kier alpha value is -2.00. The Morgan fingerprint density at radius 3 is 2.53 bits per heavy atom. The van der Waals surface area contributed by atoms with Gasteiger partial charge in [0.25, 0.3) is 0 Å². The molecule has 0 spiro atoms. The standard InChI is InChI=1S/C14H14N2O/c15-9-12-5-2-1-4-11(12)8-14(17)13-6-3-7-16-10-13/h1-7,10H,8-9,15H2. The Morgan fingerprint density at radius 2 is 1.88 bits per heavy atom. The molecule has 2 rings (SSSR count). The predicted octanol–water partition coefficient (Wildman–Crippen LogP) is 1.97. The fraction of sp³-hybridized carbons (Fsp3) is 0.143. The minimum absolute atomic E-state index is 0.0685. The SMILES string of the molecule is NCc1ccccc1CC(=O)c1cccnc1. The quantitative estimate of drug-likeness (QED) is 0.811. The lowest BCUT2D eigenvalue weighted by Crippen LogP contribution is -2.08. The van der Waals surface area contributed by atoms with Crippen LogP contribution in [0.2, 0.25) is 0 Å².